The molecule has 1 fully saturated rings. The maximum absolute atomic E-state index is 8.88. The Hall–Kier alpha value is -0.0852. The zero-order chi connectivity index (χ0) is 10.6. The fourth-order valence-electron chi connectivity index (χ4n) is 0.796. The van der Waals surface area contributed by atoms with E-state index >= 15 is 0 Å². The highest BCUT2D eigenvalue weighted by molar-refractivity contribution is 6.65. The van der Waals surface area contributed by atoms with Gasteiger partial charge in [0.15, 0.2) is 0 Å². The maximum Gasteiger partial charge on any atom is 0.615 e. The molecule has 1 heterocycles. The van der Waals surface area contributed by atoms with E-state index in [-0.39, 0.29) is 0 Å². The normalized spacial score (nSPS) is 18.2. The van der Waals surface area contributed by atoms with Gasteiger partial charge in [0.1, 0.15) is 0 Å². The van der Waals surface area contributed by atoms with Gasteiger partial charge in [0.25, 0.3) is 0 Å². The fourth-order valence-corrected chi connectivity index (χ4v) is 0.796. The van der Waals surface area contributed by atoms with Crippen molar-refractivity contribution in [3.05, 3.63) is 0 Å². The molecule has 1 saturated heterocycles. The van der Waals surface area contributed by atoms with Crippen molar-refractivity contribution < 1.29 is 28.4 Å². The van der Waals surface area contributed by atoms with Gasteiger partial charge in [0.05, 0.1) is 0 Å². The molecule has 7 nitrogen and oxygen atoms in total. The molecule has 0 aliphatic carbocycles. The molecule has 0 aromatic rings. The molecule has 0 saturated carbocycles. The summed E-state index contributed by atoms with van der Waals surface area (Å²) in [6, 6.07) is 0. The second kappa shape index (κ2) is 5.71. The summed E-state index contributed by atoms with van der Waals surface area (Å²) in [7, 11) is -0.378. The van der Waals surface area contributed by atoms with E-state index < -0.39 is 22.0 Å². The summed E-state index contributed by atoms with van der Waals surface area (Å²) in [5, 5.41) is 17.8. The molecule has 78 valence electrons. The van der Waals surface area contributed by atoms with E-state index in [2.05, 4.69) is 13.7 Å². The van der Waals surface area contributed by atoms with Crippen LogP contribution < -0.4 is 0 Å². The molecule has 1 aliphatic rings. The topological polar surface area (TPSA) is 80.6 Å². The molecule has 0 radical (unpaired) electrons. The minimum atomic E-state index is -1.52. The van der Waals surface area contributed by atoms with Gasteiger partial charge >= 0.3 is 22.0 Å². The summed E-state index contributed by atoms with van der Waals surface area (Å²) >= 11 is 0. The van der Waals surface area contributed by atoms with E-state index in [1.807, 2.05) is 19.0 Å². The van der Waals surface area contributed by atoms with E-state index in [0.29, 0.717) is 13.2 Å². The Morgan fingerprint density at radius 1 is 1.14 bits per heavy atom. The maximum atomic E-state index is 8.88. The number of hydrogen-bond donors (Lipinski definition) is 2. The van der Waals surface area contributed by atoms with Crippen LogP contribution in [0.3, 0.4) is 0 Å². The molecule has 2 N–H and O–H groups in total. The first-order chi connectivity index (χ1) is 6.58. The van der Waals surface area contributed by atoms with Gasteiger partial charge < -0.3 is 33.3 Å². The summed E-state index contributed by atoms with van der Waals surface area (Å²) < 4.78 is 18.7. The summed E-state index contributed by atoms with van der Waals surface area (Å²) in [6.07, 6.45) is 0. The second-order valence-electron chi connectivity index (χ2n) is 2.99. The quantitative estimate of drug-likeness (QED) is 0.491. The largest absolute Gasteiger partial charge is 0.615 e. The minimum Gasteiger partial charge on any atom is -0.403 e. The lowest BCUT2D eigenvalue weighted by atomic mass is 9.98. The molecule has 0 amide bonds. The van der Waals surface area contributed by atoms with Gasteiger partial charge in [0, 0.05) is 13.2 Å². The second-order valence-corrected chi connectivity index (χ2v) is 2.99. The molecule has 14 heavy (non-hydrogen) atoms. The van der Waals surface area contributed by atoms with Crippen molar-refractivity contribution in [3.63, 3.8) is 0 Å². The Morgan fingerprint density at radius 3 is 2.21 bits per heavy atom. The Morgan fingerprint density at radius 2 is 1.71 bits per heavy atom. The SMILES string of the molecule is CN(C)CCOB1OB(O)OB(O)O1. The van der Waals surface area contributed by atoms with Crippen LogP contribution in [0.1, 0.15) is 0 Å². The first-order valence-corrected chi connectivity index (χ1v) is 4.17. The highest BCUT2D eigenvalue weighted by Gasteiger charge is 2.42. The molecule has 0 aromatic carbocycles. The van der Waals surface area contributed by atoms with Crippen molar-refractivity contribution in [2.45, 2.75) is 0 Å². The molecule has 0 unspecified atom stereocenters. The lowest BCUT2D eigenvalue weighted by Gasteiger charge is -2.23. The molecular formula is C4H12B3NO6. The zero-order valence-electron chi connectivity index (χ0n) is 8.12. The monoisotopic (exact) mass is 203 g/mol. The van der Waals surface area contributed by atoms with Gasteiger partial charge in [-0.3, -0.25) is 0 Å². The Bertz CT molecular complexity index is 163. The smallest absolute Gasteiger partial charge is 0.403 e. The van der Waals surface area contributed by atoms with Crippen LogP contribution in [0.4, 0.5) is 0 Å². The van der Waals surface area contributed by atoms with Crippen LogP contribution in [0.25, 0.3) is 0 Å². The van der Waals surface area contributed by atoms with Crippen molar-refractivity contribution in [3.8, 4) is 0 Å². The predicted octanol–water partition coefficient (Wildman–Crippen LogP) is -2.43. The van der Waals surface area contributed by atoms with Crippen molar-refractivity contribution in [1.82, 2.24) is 4.90 Å². The van der Waals surface area contributed by atoms with Gasteiger partial charge in [-0.1, -0.05) is 0 Å². The van der Waals surface area contributed by atoms with Crippen LogP contribution >= 0.6 is 0 Å². The number of likely N-dealkylation sites (N-methyl/N-ethyl adjacent to an activating group) is 1. The third kappa shape index (κ3) is 4.42. The number of hydrogen-bond acceptors (Lipinski definition) is 7. The van der Waals surface area contributed by atoms with E-state index in [1.54, 1.807) is 0 Å². The molecule has 0 bridgehead atoms. The van der Waals surface area contributed by atoms with Crippen LogP contribution in [0, 0.1) is 0 Å². The zero-order valence-corrected chi connectivity index (χ0v) is 8.12. The lowest BCUT2D eigenvalue weighted by Crippen LogP contribution is -2.50. The highest BCUT2D eigenvalue weighted by atomic mass is 16.9. The van der Waals surface area contributed by atoms with Gasteiger partial charge in [-0.25, -0.2) is 0 Å². The number of nitrogens with zero attached hydrogens (tertiary/aromatic N) is 1. The van der Waals surface area contributed by atoms with Gasteiger partial charge in [0.2, 0.25) is 0 Å². The first-order valence-electron chi connectivity index (χ1n) is 4.17. The van der Waals surface area contributed by atoms with E-state index in [9.17, 15) is 0 Å². The van der Waals surface area contributed by atoms with Gasteiger partial charge in [-0.2, -0.15) is 0 Å². The van der Waals surface area contributed by atoms with Crippen molar-refractivity contribution in [2.75, 3.05) is 27.2 Å². The Kier molecular flexibility index (Phi) is 4.89. The summed E-state index contributed by atoms with van der Waals surface area (Å²) in [5.74, 6) is 0. The van der Waals surface area contributed by atoms with Crippen LogP contribution in [-0.2, 0) is 18.4 Å². The van der Waals surface area contributed by atoms with Gasteiger partial charge in [-0.05, 0) is 14.1 Å². The standard InChI is InChI=1S/C4H12B3NO6/c1-8(2)3-4-11-7-13-5(9)12-6(10)14-7/h9-10H,3-4H2,1-2H3. The van der Waals surface area contributed by atoms with Crippen molar-refractivity contribution in [1.29, 1.82) is 0 Å². The molecular weight excluding hydrogens is 190 g/mol. The molecule has 10 heteroatoms. The van der Waals surface area contributed by atoms with Crippen LogP contribution in [0.2, 0.25) is 0 Å². The average molecular weight is 203 g/mol. The summed E-state index contributed by atoms with van der Waals surface area (Å²) in [6.45, 7) is 1.04. The van der Waals surface area contributed by atoms with Crippen LogP contribution in [0.15, 0.2) is 0 Å². The fraction of sp³-hybridized carbons (Fsp3) is 1.00. The number of rotatable bonds is 4. The van der Waals surface area contributed by atoms with E-state index in [4.69, 9.17) is 14.7 Å². The van der Waals surface area contributed by atoms with Crippen LogP contribution in [-0.4, -0.2) is 64.2 Å². The van der Waals surface area contributed by atoms with Gasteiger partial charge in [-0.15, -0.1) is 0 Å². The molecule has 1 aliphatic heterocycles. The van der Waals surface area contributed by atoms with Crippen molar-refractivity contribution in [2.24, 2.45) is 0 Å². The van der Waals surface area contributed by atoms with Crippen molar-refractivity contribution >= 4 is 22.0 Å². The van der Waals surface area contributed by atoms with E-state index in [1.165, 1.54) is 0 Å². The lowest BCUT2D eigenvalue weighted by molar-refractivity contribution is 0.0989. The van der Waals surface area contributed by atoms with Crippen LogP contribution in [0.5, 0.6) is 0 Å². The Balaban J connectivity index is 2.17. The Labute approximate surface area is 83.4 Å². The average Bonchev–Trinajstić information content (AvgIpc) is 2.01. The molecule has 1 rings (SSSR count). The summed E-state index contributed by atoms with van der Waals surface area (Å²) in [5.41, 5.74) is 0. The molecule has 0 spiro atoms. The third-order valence-corrected chi connectivity index (χ3v) is 1.48. The predicted molar refractivity (Wildman–Crippen MR) is 49.5 cm³/mol. The highest BCUT2D eigenvalue weighted by Crippen LogP contribution is 2.05. The first kappa shape index (κ1) is 12.0. The summed E-state index contributed by atoms with van der Waals surface area (Å²) in [4.78, 5) is 1.91. The van der Waals surface area contributed by atoms with E-state index in [0.717, 1.165) is 0 Å². The third-order valence-electron chi connectivity index (χ3n) is 1.48. The minimum absolute atomic E-state index is 0.358. The molecule has 0 aromatic heterocycles. The molecule has 0 atom stereocenters.